The maximum atomic E-state index is 5.47. The van der Waals surface area contributed by atoms with Gasteiger partial charge in [-0.3, -0.25) is 4.98 Å². The molecule has 0 saturated heterocycles. The van der Waals surface area contributed by atoms with Crippen LogP contribution in [0.25, 0.3) is 0 Å². The third kappa shape index (κ3) is 3.32. The third-order valence-electron chi connectivity index (χ3n) is 3.07. The second-order valence-corrected chi connectivity index (χ2v) is 4.42. The van der Waals surface area contributed by atoms with Crippen molar-refractivity contribution < 1.29 is 4.74 Å². The number of para-hydroxylation sites is 1. The van der Waals surface area contributed by atoms with Gasteiger partial charge < -0.3 is 10.1 Å². The van der Waals surface area contributed by atoms with E-state index >= 15 is 0 Å². The van der Waals surface area contributed by atoms with Crippen molar-refractivity contribution in [2.75, 3.05) is 13.7 Å². The summed E-state index contributed by atoms with van der Waals surface area (Å²) in [7, 11) is 1.71. The number of aromatic nitrogens is 1. The predicted octanol–water partition coefficient (Wildman–Crippen LogP) is 3.18. The van der Waals surface area contributed by atoms with Crippen LogP contribution in [0.2, 0.25) is 0 Å². The molecule has 0 amide bonds. The van der Waals surface area contributed by atoms with Gasteiger partial charge in [0.05, 0.1) is 13.2 Å². The molecule has 19 heavy (non-hydrogen) atoms. The molecule has 1 unspecified atom stereocenters. The van der Waals surface area contributed by atoms with E-state index < -0.39 is 0 Å². The molecule has 0 aliphatic heterocycles. The summed E-state index contributed by atoms with van der Waals surface area (Å²) in [6.45, 7) is 3.12. The molecule has 0 radical (unpaired) electrons. The lowest BCUT2D eigenvalue weighted by molar-refractivity contribution is 0.404. The molecule has 2 aromatic rings. The molecule has 3 heteroatoms. The van der Waals surface area contributed by atoms with E-state index in [2.05, 4.69) is 29.4 Å². The summed E-state index contributed by atoms with van der Waals surface area (Å²) in [5, 5.41) is 3.56. The van der Waals surface area contributed by atoms with Gasteiger partial charge in [-0.15, -0.1) is 0 Å². The highest BCUT2D eigenvalue weighted by Gasteiger charge is 2.17. The van der Waals surface area contributed by atoms with Crippen LogP contribution >= 0.6 is 0 Å². The second kappa shape index (κ2) is 6.90. The molecule has 100 valence electrons. The van der Waals surface area contributed by atoms with E-state index in [1.54, 1.807) is 13.3 Å². The summed E-state index contributed by atoms with van der Waals surface area (Å²) in [6, 6.07) is 12.3. The van der Waals surface area contributed by atoms with E-state index in [4.69, 9.17) is 4.74 Å². The molecule has 0 saturated carbocycles. The highest BCUT2D eigenvalue weighted by molar-refractivity contribution is 5.40. The molecule has 1 heterocycles. The Kier molecular flexibility index (Phi) is 4.93. The zero-order valence-electron chi connectivity index (χ0n) is 11.5. The van der Waals surface area contributed by atoms with E-state index in [9.17, 15) is 0 Å². The van der Waals surface area contributed by atoms with Crippen molar-refractivity contribution in [3.05, 3.63) is 59.9 Å². The van der Waals surface area contributed by atoms with E-state index in [0.29, 0.717) is 0 Å². The fraction of sp³-hybridized carbons (Fsp3) is 0.312. The van der Waals surface area contributed by atoms with E-state index in [-0.39, 0.29) is 6.04 Å². The Balaban J connectivity index is 2.37. The molecular weight excluding hydrogens is 236 g/mol. The first-order chi connectivity index (χ1) is 9.36. The van der Waals surface area contributed by atoms with Crippen molar-refractivity contribution in [2.24, 2.45) is 0 Å². The Hall–Kier alpha value is -1.87. The lowest BCUT2D eigenvalue weighted by Gasteiger charge is -2.21. The fourth-order valence-corrected chi connectivity index (χ4v) is 2.15. The van der Waals surface area contributed by atoms with Crippen LogP contribution in [0.3, 0.4) is 0 Å². The lowest BCUT2D eigenvalue weighted by Crippen LogP contribution is -2.23. The summed E-state index contributed by atoms with van der Waals surface area (Å²) in [5.41, 5.74) is 2.30. The van der Waals surface area contributed by atoms with Gasteiger partial charge in [-0.05, 0) is 30.7 Å². The van der Waals surface area contributed by atoms with Crippen LogP contribution in [-0.4, -0.2) is 18.6 Å². The van der Waals surface area contributed by atoms with Gasteiger partial charge in [0.1, 0.15) is 5.75 Å². The monoisotopic (exact) mass is 256 g/mol. The molecule has 0 spiro atoms. The van der Waals surface area contributed by atoms with Gasteiger partial charge in [-0.1, -0.05) is 31.2 Å². The molecule has 0 bridgehead atoms. The van der Waals surface area contributed by atoms with Crippen molar-refractivity contribution in [3.8, 4) is 5.75 Å². The molecular formula is C16H20N2O. The topological polar surface area (TPSA) is 34.2 Å². The van der Waals surface area contributed by atoms with E-state index in [1.807, 2.05) is 30.5 Å². The number of ether oxygens (including phenoxy) is 1. The maximum absolute atomic E-state index is 5.47. The van der Waals surface area contributed by atoms with Crippen LogP contribution in [0.4, 0.5) is 0 Å². The molecule has 1 N–H and O–H groups in total. The molecule has 3 nitrogen and oxygen atoms in total. The summed E-state index contributed by atoms with van der Waals surface area (Å²) >= 11 is 0. The van der Waals surface area contributed by atoms with Gasteiger partial charge in [0, 0.05) is 18.0 Å². The Morgan fingerprint density at radius 2 is 2.05 bits per heavy atom. The second-order valence-electron chi connectivity index (χ2n) is 4.42. The van der Waals surface area contributed by atoms with Gasteiger partial charge in [-0.25, -0.2) is 0 Å². The number of pyridine rings is 1. The van der Waals surface area contributed by atoms with Gasteiger partial charge in [-0.2, -0.15) is 0 Å². The van der Waals surface area contributed by atoms with Gasteiger partial charge in [0.2, 0.25) is 0 Å². The zero-order chi connectivity index (χ0) is 13.5. The van der Waals surface area contributed by atoms with E-state index in [0.717, 1.165) is 29.8 Å². The molecule has 0 aliphatic rings. The van der Waals surface area contributed by atoms with Crippen molar-refractivity contribution in [1.29, 1.82) is 0 Å². The Labute approximate surface area is 114 Å². The third-order valence-corrected chi connectivity index (χ3v) is 3.07. The van der Waals surface area contributed by atoms with Crippen LogP contribution in [0, 0.1) is 0 Å². The summed E-state index contributed by atoms with van der Waals surface area (Å²) < 4.78 is 5.47. The highest BCUT2D eigenvalue weighted by Crippen LogP contribution is 2.29. The predicted molar refractivity (Wildman–Crippen MR) is 77.4 cm³/mol. The van der Waals surface area contributed by atoms with Crippen molar-refractivity contribution in [1.82, 2.24) is 10.3 Å². The SMILES string of the molecule is CCCNC(c1cccnc1)c1ccccc1OC. The van der Waals surface area contributed by atoms with Crippen LogP contribution in [0.1, 0.15) is 30.5 Å². The summed E-state index contributed by atoms with van der Waals surface area (Å²) in [4.78, 5) is 4.21. The smallest absolute Gasteiger partial charge is 0.123 e. The number of hydrogen-bond donors (Lipinski definition) is 1. The van der Waals surface area contributed by atoms with Crippen LogP contribution in [-0.2, 0) is 0 Å². The van der Waals surface area contributed by atoms with Crippen LogP contribution in [0.5, 0.6) is 5.75 Å². The number of methoxy groups -OCH3 is 1. The van der Waals surface area contributed by atoms with E-state index in [1.165, 1.54) is 0 Å². The molecule has 1 aromatic heterocycles. The van der Waals surface area contributed by atoms with Crippen molar-refractivity contribution >= 4 is 0 Å². The number of rotatable bonds is 6. The first-order valence-electron chi connectivity index (χ1n) is 6.63. The molecule has 0 fully saturated rings. The first kappa shape index (κ1) is 13.6. The Bertz CT molecular complexity index is 499. The first-order valence-corrected chi connectivity index (χ1v) is 6.63. The van der Waals surface area contributed by atoms with Crippen LogP contribution in [0.15, 0.2) is 48.8 Å². The average molecular weight is 256 g/mol. The maximum Gasteiger partial charge on any atom is 0.123 e. The minimum atomic E-state index is 0.116. The minimum absolute atomic E-state index is 0.116. The summed E-state index contributed by atoms with van der Waals surface area (Å²) in [6.07, 6.45) is 4.79. The van der Waals surface area contributed by atoms with Gasteiger partial charge in [0.25, 0.3) is 0 Å². The fourth-order valence-electron chi connectivity index (χ4n) is 2.15. The normalized spacial score (nSPS) is 12.1. The molecule has 2 rings (SSSR count). The zero-order valence-corrected chi connectivity index (χ0v) is 11.5. The van der Waals surface area contributed by atoms with Crippen molar-refractivity contribution in [2.45, 2.75) is 19.4 Å². The Morgan fingerprint density at radius 1 is 1.21 bits per heavy atom. The number of nitrogens with zero attached hydrogens (tertiary/aromatic N) is 1. The quantitative estimate of drug-likeness (QED) is 0.862. The summed E-state index contributed by atoms with van der Waals surface area (Å²) in [5.74, 6) is 0.903. The highest BCUT2D eigenvalue weighted by atomic mass is 16.5. The van der Waals surface area contributed by atoms with Gasteiger partial charge >= 0.3 is 0 Å². The molecule has 1 atom stereocenters. The molecule has 0 aliphatic carbocycles. The standard InChI is InChI=1S/C16H20N2O/c1-3-10-18-16(13-7-6-11-17-12-13)14-8-4-5-9-15(14)19-2/h4-9,11-12,16,18H,3,10H2,1-2H3. The Morgan fingerprint density at radius 3 is 2.74 bits per heavy atom. The largest absolute Gasteiger partial charge is 0.496 e. The number of benzene rings is 1. The number of nitrogens with one attached hydrogen (secondary N) is 1. The van der Waals surface area contributed by atoms with Crippen molar-refractivity contribution in [3.63, 3.8) is 0 Å². The lowest BCUT2D eigenvalue weighted by atomic mass is 9.99. The molecule has 1 aromatic carbocycles. The minimum Gasteiger partial charge on any atom is -0.496 e. The average Bonchev–Trinajstić information content (AvgIpc) is 2.49. The van der Waals surface area contributed by atoms with Crippen LogP contribution < -0.4 is 10.1 Å². The van der Waals surface area contributed by atoms with Gasteiger partial charge in [0.15, 0.2) is 0 Å². The number of hydrogen-bond acceptors (Lipinski definition) is 3.